The lowest BCUT2D eigenvalue weighted by Gasteiger charge is -2.23. The van der Waals surface area contributed by atoms with Gasteiger partial charge in [0.1, 0.15) is 5.69 Å². The van der Waals surface area contributed by atoms with Gasteiger partial charge in [-0.05, 0) is 43.9 Å². The minimum absolute atomic E-state index is 0.0657. The summed E-state index contributed by atoms with van der Waals surface area (Å²) in [4.78, 5) is 38.1. The Bertz CT molecular complexity index is 1130. The van der Waals surface area contributed by atoms with Crippen LogP contribution in [0.2, 0.25) is 0 Å². The number of carbonyl (C=O) groups excluding carboxylic acids is 3. The highest BCUT2D eigenvalue weighted by Gasteiger charge is 2.30. The van der Waals surface area contributed by atoms with Gasteiger partial charge in [-0.3, -0.25) is 9.59 Å². The van der Waals surface area contributed by atoms with Crippen molar-refractivity contribution in [2.75, 3.05) is 31.0 Å². The largest absolute Gasteiger partial charge is 0.491 e. The quantitative estimate of drug-likeness (QED) is 0.180. The van der Waals surface area contributed by atoms with Crippen molar-refractivity contribution < 1.29 is 33.3 Å². The van der Waals surface area contributed by atoms with Crippen molar-refractivity contribution >= 4 is 29.2 Å². The molecule has 0 unspecified atom stereocenters. The summed E-state index contributed by atoms with van der Waals surface area (Å²) in [6, 6.07) is 9.82. The molecule has 0 radical (unpaired) electrons. The van der Waals surface area contributed by atoms with E-state index in [0.29, 0.717) is 18.2 Å². The van der Waals surface area contributed by atoms with Crippen molar-refractivity contribution in [2.24, 2.45) is 0 Å². The second-order valence-corrected chi connectivity index (χ2v) is 9.90. The summed E-state index contributed by atoms with van der Waals surface area (Å²) < 4.78 is 22.9. The number of ketones is 1. The molecule has 2 aliphatic rings. The van der Waals surface area contributed by atoms with Crippen LogP contribution in [0.3, 0.4) is 0 Å². The molecule has 2 aromatic rings. The number of esters is 1. The average molecular weight is 539 g/mol. The maximum atomic E-state index is 12.8. The van der Waals surface area contributed by atoms with Crippen LogP contribution in [0.4, 0.5) is 16.2 Å². The van der Waals surface area contributed by atoms with Crippen molar-refractivity contribution in [3.8, 4) is 17.2 Å². The van der Waals surface area contributed by atoms with Crippen molar-refractivity contribution in [3.05, 3.63) is 42.0 Å². The molecule has 0 aromatic heterocycles. The lowest BCUT2D eigenvalue weighted by Crippen LogP contribution is -2.23. The van der Waals surface area contributed by atoms with Gasteiger partial charge in [-0.2, -0.15) is 0 Å². The van der Waals surface area contributed by atoms with Crippen LogP contribution >= 0.6 is 0 Å². The third kappa shape index (κ3) is 8.20. The molecule has 1 fully saturated rings. The number of Topliss-reactive ketones (excluding diaryl/α,β-unsaturated/α-hetero) is 1. The van der Waals surface area contributed by atoms with Gasteiger partial charge in [0, 0.05) is 25.1 Å². The molecular weight excluding hydrogens is 500 g/mol. The smallest absolute Gasteiger partial charge is 0.323 e. The van der Waals surface area contributed by atoms with Gasteiger partial charge < -0.3 is 29.6 Å². The SMILES string of the molecule is COc1c(OC(=O)CCCCCCOC2CCCCC2)cc2c(c1NC(=O)Nc1ccccc1)OCCC2=O. The molecule has 2 N–H and O–H groups in total. The summed E-state index contributed by atoms with van der Waals surface area (Å²) in [6.45, 7) is 0.944. The molecule has 1 heterocycles. The molecule has 0 saturated heterocycles. The monoisotopic (exact) mass is 538 g/mol. The van der Waals surface area contributed by atoms with Gasteiger partial charge in [0.25, 0.3) is 0 Å². The van der Waals surface area contributed by atoms with Crippen LogP contribution in [0.5, 0.6) is 17.2 Å². The van der Waals surface area contributed by atoms with Crippen molar-refractivity contribution in [1.29, 1.82) is 0 Å². The molecule has 9 nitrogen and oxygen atoms in total. The fraction of sp³-hybridized carbons (Fsp3) is 0.500. The van der Waals surface area contributed by atoms with Crippen LogP contribution in [-0.2, 0) is 9.53 Å². The fourth-order valence-corrected chi connectivity index (χ4v) is 4.93. The Kier molecular flexibility index (Phi) is 10.6. The first kappa shape index (κ1) is 28.4. The number of urea groups is 1. The highest BCUT2D eigenvalue weighted by Crippen LogP contribution is 2.47. The number of hydrogen-bond acceptors (Lipinski definition) is 7. The third-order valence-corrected chi connectivity index (χ3v) is 6.95. The molecule has 9 heteroatoms. The Morgan fingerprint density at radius 2 is 1.77 bits per heavy atom. The number of benzene rings is 2. The lowest BCUT2D eigenvalue weighted by molar-refractivity contribution is -0.134. The maximum absolute atomic E-state index is 12.8. The van der Waals surface area contributed by atoms with E-state index in [-0.39, 0.29) is 53.7 Å². The molecule has 1 aliphatic heterocycles. The number of nitrogens with one attached hydrogen (secondary N) is 2. The Morgan fingerprint density at radius 3 is 2.54 bits per heavy atom. The zero-order valence-electron chi connectivity index (χ0n) is 22.6. The molecule has 4 rings (SSSR count). The summed E-state index contributed by atoms with van der Waals surface area (Å²) in [5.41, 5.74) is 0.957. The first-order valence-corrected chi connectivity index (χ1v) is 13.9. The molecule has 39 heavy (non-hydrogen) atoms. The predicted molar refractivity (Wildman–Crippen MR) is 148 cm³/mol. The van der Waals surface area contributed by atoms with E-state index in [0.717, 1.165) is 25.9 Å². The van der Waals surface area contributed by atoms with Gasteiger partial charge >= 0.3 is 12.0 Å². The van der Waals surface area contributed by atoms with Gasteiger partial charge in [0.2, 0.25) is 0 Å². The number of anilines is 2. The number of fused-ring (bicyclic) bond motifs is 1. The standard InChI is InChI=1S/C30H38N2O7/c1-36-29-25(39-26(34)16-10-2-3-11-18-37-22-14-8-5-9-15-22)20-23-24(33)17-19-38-28(23)27(29)32-30(35)31-21-12-6-4-7-13-21/h4,6-7,12-13,20,22H,2-3,5,8-11,14-19H2,1H3,(H2,31,32,35). The minimum atomic E-state index is -0.556. The molecule has 1 saturated carbocycles. The van der Waals surface area contributed by atoms with E-state index in [2.05, 4.69) is 10.6 Å². The van der Waals surface area contributed by atoms with E-state index >= 15 is 0 Å². The summed E-state index contributed by atoms with van der Waals surface area (Å²) in [6.07, 6.45) is 10.6. The van der Waals surface area contributed by atoms with Crippen LogP contribution in [0, 0.1) is 0 Å². The van der Waals surface area contributed by atoms with E-state index in [4.69, 9.17) is 18.9 Å². The lowest BCUT2D eigenvalue weighted by atomic mass is 9.98. The topological polar surface area (TPSA) is 112 Å². The van der Waals surface area contributed by atoms with Gasteiger partial charge in [-0.25, -0.2) is 4.79 Å². The van der Waals surface area contributed by atoms with E-state index in [1.807, 2.05) is 6.07 Å². The molecule has 0 bridgehead atoms. The Balaban J connectivity index is 1.34. The van der Waals surface area contributed by atoms with Crippen molar-refractivity contribution in [3.63, 3.8) is 0 Å². The van der Waals surface area contributed by atoms with Gasteiger partial charge in [0.05, 0.1) is 25.4 Å². The van der Waals surface area contributed by atoms with Gasteiger partial charge in [-0.1, -0.05) is 50.3 Å². The van der Waals surface area contributed by atoms with E-state index < -0.39 is 12.0 Å². The van der Waals surface area contributed by atoms with E-state index in [1.54, 1.807) is 24.3 Å². The highest BCUT2D eigenvalue weighted by molar-refractivity contribution is 6.07. The average Bonchev–Trinajstić information content (AvgIpc) is 2.94. The number of methoxy groups -OCH3 is 1. The second-order valence-electron chi connectivity index (χ2n) is 9.90. The maximum Gasteiger partial charge on any atom is 0.323 e. The molecule has 2 amide bonds. The summed E-state index contributed by atoms with van der Waals surface area (Å²) in [5.74, 6) is -0.230. The van der Waals surface area contributed by atoms with Crippen LogP contribution in [0.1, 0.15) is 81.0 Å². The zero-order valence-corrected chi connectivity index (χ0v) is 22.6. The molecule has 2 aromatic carbocycles. The molecule has 210 valence electrons. The van der Waals surface area contributed by atoms with Crippen LogP contribution < -0.4 is 24.8 Å². The minimum Gasteiger partial charge on any atom is -0.491 e. The number of hydrogen-bond donors (Lipinski definition) is 2. The first-order chi connectivity index (χ1) is 19.0. The Labute approximate surface area is 229 Å². The second kappa shape index (κ2) is 14.5. The molecule has 1 aliphatic carbocycles. The van der Waals surface area contributed by atoms with E-state index in [1.165, 1.54) is 45.3 Å². The van der Waals surface area contributed by atoms with Crippen LogP contribution in [-0.4, -0.2) is 44.2 Å². The van der Waals surface area contributed by atoms with Crippen molar-refractivity contribution in [1.82, 2.24) is 0 Å². The summed E-state index contributed by atoms with van der Waals surface area (Å²) in [5, 5.41) is 5.44. The number of amides is 2. The summed E-state index contributed by atoms with van der Waals surface area (Å²) >= 11 is 0. The fourth-order valence-electron chi connectivity index (χ4n) is 4.93. The predicted octanol–water partition coefficient (Wildman–Crippen LogP) is 6.51. The number of rotatable bonds is 12. The van der Waals surface area contributed by atoms with Crippen LogP contribution in [0.15, 0.2) is 36.4 Å². The number of para-hydroxylation sites is 1. The molecule has 0 atom stereocenters. The number of unbranched alkanes of at least 4 members (excludes halogenated alkanes) is 3. The Hall–Kier alpha value is -3.59. The van der Waals surface area contributed by atoms with Gasteiger partial charge in [0.15, 0.2) is 23.0 Å². The normalized spacial score (nSPS) is 15.2. The Morgan fingerprint density at radius 1 is 1.00 bits per heavy atom. The summed E-state index contributed by atoms with van der Waals surface area (Å²) in [7, 11) is 1.40. The molecular formula is C30H38N2O7. The first-order valence-electron chi connectivity index (χ1n) is 13.9. The molecule has 0 spiro atoms. The zero-order chi connectivity index (χ0) is 27.5. The van der Waals surface area contributed by atoms with Crippen LogP contribution in [0.25, 0.3) is 0 Å². The van der Waals surface area contributed by atoms with Crippen molar-refractivity contribution in [2.45, 2.75) is 76.7 Å². The highest BCUT2D eigenvalue weighted by atomic mass is 16.6. The van der Waals surface area contributed by atoms with E-state index in [9.17, 15) is 14.4 Å². The van der Waals surface area contributed by atoms with Gasteiger partial charge in [-0.15, -0.1) is 0 Å². The third-order valence-electron chi connectivity index (χ3n) is 6.95. The number of ether oxygens (including phenoxy) is 4. The number of carbonyl (C=O) groups is 3.